The molecule has 0 bridgehead atoms. The van der Waals surface area contributed by atoms with Gasteiger partial charge in [-0.1, -0.05) is 29.8 Å². The number of alkyl halides is 1. The Labute approximate surface area is 97.4 Å². The van der Waals surface area contributed by atoms with Crippen LogP contribution in [0.2, 0.25) is 0 Å². The summed E-state index contributed by atoms with van der Waals surface area (Å²) in [6.45, 7) is 0.332. The molecule has 0 aliphatic carbocycles. The van der Waals surface area contributed by atoms with Crippen LogP contribution in [0.1, 0.15) is 6.42 Å². The van der Waals surface area contributed by atoms with Crippen LogP contribution in [0.4, 0.5) is 5.69 Å². The van der Waals surface area contributed by atoms with Gasteiger partial charge in [0, 0.05) is 18.7 Å². The van der Waals surface area contributed by atoms with Crippen molar-refractivity contribution >= 4 is 29.2 Å². The third kappa shape index (κ3) is 1.55. The maximum atomic E-state index is 11.9. The number of benzene rings is 1. The monoisotopic (exact) mass is 239 g/mol. The van der Waals surface area contributed by atoms with Crippen molar-refractivity contribution in [1.29, 1.82) is 0 Å². The number of carbonyl (C=O) groups is 2. The van der Waals surface area contributed by atoms with Crippen molar-refractivity contribution in [3.63, 3.8) is 0 Å². The Bertz CT molecular complexity index is 434. The van der Waals surface area contributed by atoms with E-state index in [9.17, 15) is 9.59 Å². The first kappa shape index (κ1) is 11.0. The molecule has 1 aliphatic rings. The molecule has 1 aromatic rings. The van der Waals surface area contributed by atoms with Crippen molar-refractivity contribution in [3.8, 4) is 0 Å². The number of halogens is 1. The molecule has 1 N–H and O–H groups in total. The van der Waals surface area contributed by atoms with Gasteiger partial charge in [0.1, 0.15) is 0 Å². The molecule has 1 aliphatic heterocycles. The van der Waals surface area contributed by atoms with Gasteiger partial charge >= 0.3 is 5.97 Å². The number of anilines is 1. The fraction of sp³-hybridized carbons (Fsp3) is 0.273. The standard InChI is InChI=1S/C11H10ClNO3/c12-11(10(15)16)6-7-13(9(11)14)8-4-2-1-3-5-8/h1-5H,6-7H2,(H,15,16)/t11-/m0/s1. The molecule has 1 saturated heterocycles. The lowest BCUT2D eigenvalue weighted by molar-refractivity contribution is -0.143. The number of rotatable bonds is 2. The van der Waals surface area contributed by atoms with Gasteiger partial charge in [0.15, 0.2) is 0 Å². The Morgan fingerprint density at radius 1 is 1.38 bits per heavy atom. The van der Waals surface area contributed by atoms with E-state index in [-0.39, 0.29) is 6.42 Å². The van der Waals surface area contributed by atoms with Gasteiger partial charge in [-0.2, -0.15) is 0 Å². The minimum absolute atomic E-state index is 0.123. The van der Waals surface area contributed by atoms with Crippen molar-refractivity contribution in [2.24, 2.45) is 0 Å². The van der Waals surface area contributed by atoms with Gasteiger partial charge in [-0.3, -0.25) is 4.79 Å². The van der Waals surface area contributed by atoms with Crippen LogP contribution in [-0.2, 0) is 9.59 Å². The average Bonchev–Trinajstić information content (AvgIpc) is 2.59. The van der Waals surface area contributed by atoms with Gasteiger partial charge in [-0.05, 0) is 12.1 Å². The number of carboxylic acid groups (broad SMARTS) is 1. The van der Waals surface area contributed by atoms with E-state index in [0.29, 0.717) is 12.2 Å². The zero-order chi connectivity index (χ0) is 11.8. The number of amides is 1. The summed E-state index contributed by atoms with van der Waals surface area (Å²) in [5.41, 5.74) is 0.677. The van der Waals surface area contributed by atoms with Crippen LogP contribution in [0.15, 0.2) is 30.3 Å². The molecular formula is C11H10ClNO3. The first-order chi connectivity index (χ1) is 7.55. The van der Waals surface area contributed by atoms with Crippen LogP contribution in [-0.4, -0.2) is 28.4 Å². The van der Waals surface area contributed by atoms with Crippen molar-refractivity contribution in [1.82, 2.24) is 0 Å². The molecule has 2 rings (SSSR count). The van der Waals surface area contributed by atoms with E-state index in [4.69, 9.17) is 16.7 Å². The lowest BCUT2D eigenvalue weighted by Gasteiger charge is -2.18. The van der Waals surface area contributed by atoms with Gasteiger partial charge in [0.25, 0.3) is 5.91 Å². The largest absolute Gasteiger partial charge is 0.480 e. The quantitative estimate of drug-likeness (QED) is 0.628. The molecule has 1 heterocycles. The van der Waals surface area contributed by atoms with E-state index in [0.717, 1.165) is 0 Å². The van der Waals surface area contributed by atoms with Gasteiger partial charge < -0.3 is 10.0 Å². The molecule has 4 nitrogen and oxygen atoms in total. The van der Waals surface area contributed by atoms with Crippen molar-refractivity contribution < 1.29 is 14.7 Å². The number of nitrogens with zero attached hydrogens (tertiary/aromatic N) is 1. The Kier molecular flexibility index (Phi) is 2.59. The van der Waals surface area contributed by atoms with Crippen molar-refractivity contribution in [3.05, 3.63) is 30.3 Å². The molecule has 1 amide bonds. The van der Waals surface area contributed by atoms with Gasteiger partial charge in [-0.15, -0.1) is 0 Å². The number of hydrogen-bond acceptors (Lipinski definition) is 2. The molecule has 0 radical (unpaired) electrons. The van der Waals surface area contributed by atoms with E-state index in [1.165, 1.54) is 4.90 Å². The second kappa shape index (κ2) is 3.79. The Morgan fingerprint density at radius 3 is 2.50 bits per heavy atom. The van der Waals surface area contributed by atoms with Gasteiger partial charge in [0.2, 0.25) is 4.87 Å². The Morgan fingerprint density at radius 2 is 2.00 bits per heavy atom. The zero-order valence-corrected chi connectivity index (χ0v) is 9.15. The smallest absolute Gasteiger partial charge is 0.334 e. The first-order valence-electron chi connectivity index (χ1n) is 4.85. The fourth-order valence-electron chi connectivity index (χ4n) is 1.74. The average molecular weight is 240 g/mol. The van der Waals surface area contributed by atoms with E-state index in [1.807, 2.05) is 6.07 Å². The minimum Gasteiger partial charge on any atom is -0.480 e. The van der Waals surface area contributed by atoms with Crippen LogP contribution in [0, 0.1) is 0 Å². The molecule has 0 spiro atoms. The van der Waals surface area contributed by atoms with Crippen molar-refractivity contribution in [2.45, 2.75) is 11.3 Å². The van der Waals surface area contributed by atoms with Crippen molar-refractivity contribution in [2.75, 3.05) is 11.4 Å². The van der Waals surface area contributed by atoms with Crippen LogP contribution >= 0.6 is 11.6 Å². The summed E-state index contributed by atoms with van der Waals surface area (Å²) in [4.78, 5) is 22.4. The summed E-state index contributed by atoms with van der Waals surface area (Å²) in [7, 11) is 0. The predicted molar refractivity (Wildman–Crippen MR) is 59.6 cm³/mol. The SMILES string of the molecule is O=C(O)[C@]1(Cl)CCN(c2ccccc2)C1=O. The van der Waals surface area contributed by atoms with Crippen LogP contribution < -0.4 is 4.90 Å². The molecule has 1 atom stereocenters. The topological polar surface area (TPSA) is 57.6 Å². The van der Waals surface area contributed by atoms with Gasteiger partial charge in [0.05, 0.1) is 0 Å². The summed E-state index contributed by atoms with van der Waals surface area (Å²) in [5, 5.41) is 8.93. The molecule has 0 saturated carbocycles. The zero-order valence-electron chi connectivity index (χ0n) is 8.39. The lowest BCUT2D eigenvalue weighted by Crippen LogP contribution is -2.42. The molecule has 84 valence electrons. The van der Waals surface area contributed by atoms with E-state index < -0.39 is 16.8 Å². The Balaban J connectivity index is 2.30. The highest BCUT2D eigenvalue weighted by Crippen LogP contribution is 2.33. The number of hydrogen-bond donors (Lipinski definition) is 1. The lowest BCUT2D eigenvalue weighted by atomic mass is 10.1. The molecule has 5 heteroatoms. The first-order valence-corrected chi connectivity index (χ1v) is 5.23. The van der Waals surface area contributed by atoms with E-state index in [1.54, 1.807) is 24.3 Å². The molecule has 1 fully saturated rings. The highest BCUT2D eigenvalue weighted by molar-refractivity contribution is 6.47. The highest BCUT2D eigenvalue weighted by atomic mass is 35.5. The molecule has 0 aromatic heterocycles. The summed E-state index contributed by atoms with van der Waals surface area (Å²) < 4.78 is 0. The van der Waals surface area contributed by atoms with E-state index in [2.05, 4.69) is 0 Å². The number of carboxylic acids is 1. The second-order valence-corrected chi connectivity index (χ2v) is 4.29. The maximum absolute atomic E-state index is 11.9. The summed E-state index contributed by atoms with van der Waals surface area (Å²) >= 11 is 5.81. The predicted octanol–water partition coefficient (Wildman–Crippen LogP) is 1.49. The Hall–Kier alpha value is -1.55. The fourth-order valence-corrected chi connectivity index (χ4v) is 1.93. The van der Waals surface area contributed by atoms with Gasteiger partial charge in [-0.25, -0.2) is 4.79 Å². The summed E-state index contributed by atoms with van der Waals surface area (Å²) in [5.74, 6) is -1.84. The second-order valence-electron chi connectivity index (χ2n) is 3.65. The molecule has 1 aromatic carbocycles. The van der Waals surface area contributed by atoms with Crippen LogP contribution in [0.25, 0.3) is 0 Å². The highest BCUT2D eigenvalue weighted by Gasteiger charge is 2.52. The minimum atomic E-state index is -1.80. The molecule has 0 unspecified atom stereocenters. The van der Waals surface area contributed by atoms with E-state index >= 15 is 0 Å². The maximum Gasteiger partial charge on any atom is 0.334 e. The number of aliphatic carboxylic acids is 1. The number of para-hydroxylation sites is 1. The normalized spacial score (nSPS) is 24.8. The third-order valence-electron chi connectivity index (χ3n) is 2.67. The summed E-state index contributed by atoms with van der Waals surface area (Å²) in [6.07, 6.45) is 0.123. The number of carbonyl (C=O) groups excluding carboxylic acids is 1. The van der Waals surface area contributed by atoms with Crippen LogP contribution in [0.5, 0.6) is 0 Å². The summed E-state index contributed by atoms with van der Waals surface area (Å²) in [6, 6.07) is 8.91. The molecule has 16 heavy (non-hydrogen) atoms. The molecular weight excluding hydrogens is 230 g/mol. The third-order valence-corrected chi connectivity index (χ3v) is 3.18. The van der Waals surface area contributed by atoms with Crippen LogP contribution in [0.3, 0.4) is 0 Å².